The van der Waals surface area contributed by atoms with Crippen LogP contribution in [0.25, 0.3) is 0 Å². The van der Waals surface area contributed by atoms with E-state index in [9.17, 15) is 8.42 Å². The van der Waals surface area contributed by atoms with Crippen molar-refractivity contribution in [3.63, 3.8) is 0 Å². The Kier molecular flexibility index (Phi) is 2.97. The molecule has 6 heteroatoms. The van der Waals surface area contributed by atoms with Gasteiger partial charge in [-0.1, -0.05) is 48.0 Å². The molecule has 0 radical (unpaired) electrons. The van der Waals surface area contributed by atoms with Gasteiger partial charge in [-0.25, -0.2) is 0 Å². The third kappa shape index (κ3) is 2.32. The molecular weight excluding hydrogens is 286 g/mol. The van der Waals surface area contributed by atoms with Gasteiger partial charge in [-0.05, 0) is 17.7 Å². The summed E-state index contributed by atoms with van der Waals surface area (Å²) in [5, 5.41) is 0.506. The molecule has 0 saturated carbocycles. The fraction of sp³-hybridized carbons (Fsp3) is 0.0769. The second-order valence-electron chi connectivity index (χ2n) is 4.15. The maximum Gasteiger partial charge on any atom is 0.383 e. The predicted molar refractivity (Wildman–Crippen MR) is 72.4 cm³/mol. The van der Waals surface area contributed by atoms with Crippen molar-refractivity contribution in [2.75, 3.05) is 0 Å². The van der Waals surface area contributed by atoms with E-state index in [4.69, 9.17) is 15.8 Å². The number of hydrogen-bond donors (Lipinski definition) is 1. The van der Waals surface area contributed by atoms with Crippen LogP contribution in [0.4, 0.5) is 0 Å². The maximum atomic E-state index is 11.7. The SMILES string of the molecule is O=S1(=O)N[C@H](c2ccccc2Cl)c2ccccc2O1. The molecule has 1 heterocycles. The molecule has 0 amide bonds. The number of fused-ring (bicyclic) bond motifs is 1. The van der Waals surface area contributed by atoms with Crippen molar-refractivity contribution in [3.8, 4) is 5.75 Å². The van der Waals surface area contributed by atoms with Crippen LogP contribution in [0.5, 0.6) is 5.75 Å². The second-order valence-corrected chi connectivity index (χ2v) is 5.87. The fourth-order valence-electron chi connectivity index (χ4n) is 2.09. The molecule has 3 rings (SSSR count). The molecular formula is C13H10ClNO3S. The third-order valence-corrected chi connectivity index (χ3v) is 4.18. The number of nitrogens with one attached hydrogen (secondary N) is 1. The van der Waals surface area contributed by atoms with Crippen LogP contribution in [-0.2, 0) is 10.3 Å². The van der Waals surface area contributed by atoms with Crippen molar-refractivity contribution < 1.29 is 12.6 Å². The van der Waals surface area contributed by atoms with E-state index in [1.807, 2.05) is 18.2 Å². The first-order valence-corrected chi connectivity index (χ1v) is 7.40. The first-order chi connectivity index (χ1) is 9.07. The van der Waals surface area contributed by atoms with Gasteiger partial charge in [0.05, 0.1) is 6.04 Å². The van der Waals surface area contributed by atoms with E-state index >= 15 is 0 Å². The molecule has 0 unspecified atom stereocenters. The standard InChI is InChI=1S/C13H10ClNO3S/c14-11-7-3-1-5-9(11)13-10-6-2-4-8-12(10)18-19(16,17)15-13/h1-8,13,15H/t13-/m1/s1. The minimum atomic E-state index is -3.82. The lowest BCUT2D eigenvalue weighted by atomic mass is 9.99. The minimum absolute atomic E-state index is 0.325. The van der Waals surface area contributed by atoms with Crippen molar-refractivity contribution in [2.24, 2.45) is 0 Å². The lowest BCUT2D eigenvalue weighted by molar-refractivity contribution is 0.442. The van der Waals surface area contributed by atoms with Crippen LogP contribution < -0.4 is 8.91 Å². The highest BCUT2D eigenvalue weighted by atomic mass is 35.5. The Hall–Kier alpha value is -1.56. The Morgan fingerprint density at radius 2 is 1.63 bits per heavy atom. The van der Waals surface area contributed by atoms with Crippen LogP contribution in [0, 0.1) is 0 Å². The van der Waals surface area contributed by atoms with Crippen LogP contribution in [0.1, 0.15) is 17.2 Å². The van der Waals surface area contributed by atoms with E-state index in [-0.39, 0.29) is 0 Å². The summed E-state index contributed by atoms with van der Waals surface area (Å²) in [5.74, 6) is 0.325. The number of benzene rings is 2. The molecule has 0 spiro atoms. The van der Waals surface area contributed by atoms with Crippen LogP contribution in [0.3, 0.4) is 0 Å². The van der Waals surface area contributed by atoms with E-state index in [1.165, 1.54) is 0 Å². The summed E-state index contributed by atoms with van der Waals surface area (Å²) in [6.45, 7) is 0. The van der Waals surface area contributed by atoms with E-state index in [2.05, 4.69) is 4.72 Å². The zero-order valence-electron chi connectivity index (χ0n) is 9.71. The van der Waals surface area contributed by atoms with Gasteiger partial charge in [0.25, 0.3) is 0 Å². The zero-order chi connectivity index (χ0) is 13.5. The topological polar surface area (TPSA) is 55.4 Å². The average molecular weight is 296 g/mol. The first kappa shape index (κ1) is 12.5. The number of halogens is 1. The summed E-state index contributed by atoms with van der Waals surface area (Å²) in [7, 11) is -3.82. The van der Waals surface area contributed by atoms with Gasteiger partial charge in [0.1, 0.15) is 5.75 Å². The van der Waals surface area contributed by atoms with E-state index < -0.39 is 16.3 Å². The van der Waals surface area contributed by atoms with Crippen LogP contribution >= 0.6 is 11.6 Å². The van der Waals surface area contributed by atoms with Gasteiger partial charge < -0.3 is 4.18 Å². The van der Waals surface area contributed by atoms with Crippen molar-refractivity contribution in [1.82, 2.24) is 4.72 Å². The summed E-state index contributed by atoms with van der Waals surface area (Å²) in [4.78, 5) is 0. The number of hydrogen-bond acceptors (Lipinski definition) is 3. The Morgan fingerprint density at radius 1 is 1.00 bits per heavy atom. The lowest BCUT2D eigenvalue weighted by Crippen LogP contribution is -2.37. The highest BCUT2D eigenvalue weighted by Gasteiger charge is 2.32. The van der Waals surface area contributed by atoms with Crippen molar-refractivity contribution in [3.05, 3.63) is 64.7 Å². The largest absolute Gasteiger partial charge is 0.383 e. The first-order valence-electron chi connectivity index (χ1n) is 5.62. The van der Waals surface area contributed by atoms with Crippen molar-refractivity contribution >= 4 is 21.9 Å². The summed E-state index contributed by atoms with van der Waals surface area (Å²) < 4.78 is 30.9. The highest BCUT2D eigenvalue weighted by Crippen LogP contribution is 2.37. The van der Waals surface area contributed by atoms with Crippen molar-refractivity contribution in [2.45, 2.75) is 6.04 Å². The molecule has 1 aliphatic heterocycles. The molecule has 2 aromatic carbocycles. The lowest BCUT2D eigenvalue weighted by Gasteiger charge is -2.27. The smallest absolute Gasteiger partial charge is 0.371 e. The number of rotatable bonds is 1. The summed E-state index contributed by atoms with van der Waals surface area (Å²) in [6.07, 6.45) is 0. The van der Waals surface area contributed by atoms with Crippen molar-refractivity contribution in [1.29, 1.82) is 0 Å². The molecule has 0 aliphatic carbocycles. The summed E-state index contributed by atoms with van der Waals surface area (Å²) in [5.41, 5.74) is 1.44. The van der Waals surface area contributed by atoms with Crippen LogP contribution in [-0.4, -0.2) is 8.42 Å². The zero-order valence-corrected chi connectivity index (χ0v) is 11.3. The molecule has 1 aliphatic rings. The molecule has 0 bridgehead atoms. The van der Waals surface area contributed by atoms with E-state index in [0.29, 0.717) is 16.3 Å². The van der Waals surface area contributed by atoms with Gasteiger partial charge in [-0.3, -0.25) is 0 Å². The van der Waals surface area contributed by atoms with Gasteiger partial charge in [0.2, 0.25) is 0 Å². The van der Waals surface area contributed by atoms with Gasteiger partial charge in [-0.2, -0.15) is 13.1 Å². The molecule has 0 fully saturated rings. The van der Waals surface area contributed by atoms with Gasteiger partial charge in [-0.15, -0.1) is 0 Å². The Balaban J connectivity index is 2.19. The molecule has 4 nitrogen and oxygen atoms in total. The summed E-state index contributed by atoms with van der Waals surface area (Å²) in [6, 6.07) is 13.6. The summed E-state index contributed by atoms with van der Waals surface area (Å²) >= 11 is 6.14. The average Bonchev–Trinajstić information content (AvgIpc) is 2.37. The molecule has 0 saturated heterocycles. The molecule has 1 atom stereocenters. The van der Waals surface area contributed by atoms with Gasteiger partial charge in [0.15, 0.2) is 0 Å². The maximum absolute atomic E-state index is 11.7. The number of para-hydroxylation sites is 1. The molecule has 0 aromatic heterocycles. The molecule has 2 aromatic rings. The Morgan fingerprint density at radius 3 is 2.37 bits per heavy atom. The molecule has 98 valence electrons. The predicted octanol–water partition coefficient (Wildman–Crippen LogP) is 2.66. The Labute approximate surface area is 116 Å². The normalized spacial score (nSPS) is 20.4. The quantitative estimate of drug-likeness (QED) is 0.880. The Bertz CT molecular complexity index is 730. The van der Waals surface area contributed by atoms with E-state index in [0.717, 1.165) is 5.56 Å². The van der Waals surface area contributed by atoms with Gasteiger partial charge >= 0.3 is 10.3 Å². The van der Waals surface area contributed by atoms with Gasteiger partial charge in [0, 0.05) is 10.6 Å². The molecule has 1 N–H and O–H groups in total. The van der Waals surface area contributed by atoms with Crippen LogP contribution in [0.2, 0.25) is 5.02 Å². The monoisotopic (exact) mass is 295 g/mol. The minimum Gasteiger partial charge on any atom is -0.371 e. The molecule has 19 heavy (non-hydrogen) atoms. The third-order valence-electron chi connectivity index (χ3n) is 2.91. The fourth-order valence-corrected chi connectivity index (χ4v) is 3.31. The van der Waals surface area contributed by atoms with E-state index in [1.54, 1.807) is 30.3 Å². The highest BCUT2D eigenvalue weighted by molar-refractivity contribution is 7.85. The van der Waals surface area contributed by atoms with Crippen LogP contribution in [0.15, 0.2) is 48.5 Å². The second kappa shape index (κ2) is 4.52.